The summed E-state index contributed by atoms with van der Waals surface area (Å²) in [5.74, 6) is 0.624. The lowest BCUT2D eigenvalue weighted by Crippen LogP contribution is -2.29. The van der Waals surface area contributed by atoms with Crippen molar-refractivity contribution in [3.8, 4) is 0 Å². The highest BCUT2D eigenvalue weighted by atomic mass is 35.5. The summed E-state index contributed by atoms with van der Waals surface area (Å²) in [7, 11) is -2.76. The molecule has 0 radical (unpaired) electrons. The average Bonchev–Trinajstić information content (AvgIpc) is 2.57. The highest BCUT2D eigenvalue weighted by Gasteiger charge is 2.26. The van der Waals surface area contributed by atoms with Gasteiger partial charge in [-0.25, -0.2) is 8.42 Å². The Morgan fingerprint density at radius 3 is 2.50 bits per heavy atom. The minimum atomic E-state index is -2.76. The highest BCUT2D eigenvalue weighted by Crippen LogP contribution is 2.11. The molecule has 1 aliphatic rings. The van der Waals surface area contributed by atoms with Gasteiger partial charge in [-0.2, -0.15) is 0 Å². The molecule has 1 saturated heterocycles. The van der Waals surface area contributed by atoms with E-state index in [0.717, 1.165) is 13.0 Å². The van der Waals surface area contributed by atoms with Gasteiger partial charge in [-0.15, -0.1) is 12.4 Å². The first-order valence-electron chi connectivity index (χ1n) is 5.13. The molecule has 16 heavy (non-hydrogen) atoms. The van der Waals surface area contributed by atoms with Crippen LogP contribution in [0, 0.1) is 0 Å². The zero-order valence-electron chi connectivity index (χ0n) is 8.93. The van der Waals surface area contributed by atoms with Crippen LogP contribution in [0.3, 0.4) is 0 Å². The van der Waals surface area contributed by atoms with Crippen LogP contribution in [-0.4, -0.2) is 26.0 Å². The summed E-state index contributed by atoms with van der Waals surface area (Å²) in [4.78, 5) is 0. The third-order valence-corrected chi connectivity index (χ3v) is 4.44. The maximum Gasteiger partial charge on any atom is 0.151 e. The van der Waals surface area contributed by atoms with E-state index in [1.807, 2.05) is 30.3 Å². The summed E-state index contributed by atoms with van der Waals surface area (Å²) >= 11 is 0. The van der Waals surface area contributed by atoms with Crippen LogP contribution >= 0.6 is 12.4 Å². The first-order valence-corrected chi connectivity index (χ1v) is 6.96. The summed E-state index contributed by atoms with van der Waals surface area (Å²) in [6, 6.07) is 10.2. The monoisotopic (exact) mass is 261 g/mol. The zero-order chi connectivity index (χ0) is 10.7. The van der Waals surface area contributed by atoms with Gasteiger partial charge in [-0.05, 0) is 12.0 Å². The predicted molar refractivity (Wildman–Crippen MR) is 67.6 cm³/mol. The second-order valence-electron chi connectivity index (χ2n) is 3.97. The average molecular weight is 262 g/mol. The van der Waals surface area contributed by atoms with Crippen molar-refractivity contribution >= 4 is 22.2 Å². The molecule has 90 valence electrons. The predicted octanol–water partition coefficient (Wildman–Crippen LogP) is 1.39. The normalized spacial score (nSPS) is 22.6. The smallest absolute Gasteiger partial charge is 0.151 e. The fraction of sp³-hybridized carbons (Fsp3) is 0.455. The molecule has 5 heteroatoms. The summed E-state index contributed by atoms with van der Waals surface area (Å²) < 4.78 is 22.4. The van der Waals surface area contributed by atoms with Crippen molar-refractivity contribution < 1.29 is 8.42 Å². The quantitative estimate of drug-likeness (QED) is 0.894. The first kappa shape index (κ1) is 13.5. The third-order valence-electron chi connectivity index (χ3n) is 2.67. The molecule has 2 rings (SSSR count). The van der Waals surface area contributed by atoms with E-state index in [2.05, 4.69) is 5.32 Å². The van der Waals surface area contributed by atoms with Gasteiger partial charge in [-0.3, -0.25) is 0 Å². The van der Waals surface area contributed by atoms with Crippen LogP contribution in [0.2, 0.25) is 0 Å². The molecule has 0 bridgehead atoms. The highest BCUT2D eigenvalue weighted by molar-refractivity contribution is 7.91. The van der Waals surface area contributed by atoms with E-state index in [1.54, 1.807) is 0 Å². The van der Waals surface area contributed by atoms with Gasteiger partial charge in [0.05, 0.1) is 11.5 Å². The van der Waals surface area contributed by atoms with E-state index in [9.17, 15) is 8.42 Å². The Morgan fingerprint density at radius 1 is 1.25 bits per heavy atom. The van der Waals surface area contributed by atoms with Gasteiger partial charge in [0.2, 0.25) is 0 Å². The lowest BCUT2D eigenvalue weighted by atomic mass is 10.2. The van der Waals surface area contributed by atoms with Crippen LogP contribution in [0.15, 0.2) is 30.3 Å². The van der Waals surface area contributed by atoms with Crippen molar-refractivity contribution in [2.45, 2.75) is 19.0 Å². The van der Waals surface area contributed by atoms with Crippen LogP contribution in [0.5, 0.6) is 0 Å². The molecule has 1 heterocycles. The minimum Gasteiger partial charge on any atom is -0.309 e. The molecular formula is C11H16ClNO2S. The molecule has 3 nitrogen and oxygen atoms in total. The maximum atomic E-state index is 11.2. The number of hydrogen-bond acceptors (Lipinski definition) is 3. The second-order valence-corrected chi connectivity index (χ2v) is 6.20. The molecule has 0 amide bonds. The molecule has 1 aromatic carbocycles. The van der Waals surface area contributed by atoms with Crippen molar-refractivity contribution in [1.82, 2.24) is 5.32 Å². The number of hydrogen-bond donors (Lipinski definition) is 1. The van der Waals surface area contributed by atoms with Crippen LogP contribution in [0.25, 0.3) is 0 Å². The summed E-state index contributed by atoms with van der Waals surface area (Å²) in [6.07, 6.45) is 0.745. The molecule has 1 atom stereocenters. The van der Waals surface area contributed by atoms with Crippen molar-refractivity contribution in [3.63, 3.8) is 0 Å². The fourth-order valence-corrected chi connectivity index (χ4v) is 3.52. The van der Waals surface area contributed by atoms with E-state index in [1.165, 1.54) is 5.56 Å². The largest absolute Gasteiger partial charge is 0.309 e. The number of nitrogens with one attached hydrogen (secondary N) is 1. The Morgan fingerprint density at radius 2 is 1.94 bits per heavy atom. The summed E-state index contributed by atoms with van der Waals surface area (Å²) in [5.41, 5.74) is 1.20. The molecule has 1 aromatic rings. The zero-order valence-corrected chi connectivity index (χ0v) is 10.6. The minimum absolute atomic E-state index is 0. The molecular weight excluding hydrogens is 246 g/mol. The third kappa shape index (κ3) is 3.77. The van der Waals surface area contributed by atoms with E-state index >= 15 is 0 Å². The Bertz CT molecular complexity index is 419. The molecule has 0 aromatic heterocycles. The number of sulfone groups is 1. The van der Waals surface area contributed by atoms with Gasteiger partial charge in [0.15, 0.2) is 9.84 Å². The molecule has 0 saturated carbocycles. The van der Waals surface area contributed by atoms with Crippen LogP contribution in [0.1, 0.15) is 12.0 Å². The second kappa shape index (κ2) is 5.66. The van der Waals surface area contributed by atoms with Crippen LogP contribution < -0.4 is 5.32 Å². The lowest BCUT2D eigenvalue weighted by Gasteiger charge is -2.10. The van der Waals surface area contributed by atoms with Gasteiger partial charge < -0.3 is 5.32 Å². The first-order chi connectivity index (χ1) is 7.16. The van der Waals surface area contributed by atoms with Crippen molar-refractivity contribution in [1.29, 1.82) is 0 Å². The van der Waals surface area contributed by atoms with Crippen LogP contribution in [-0.2, 0) is 16.4 Å². The van der Waals surface area contributed by atoms with Gasteiger partial charge in [0.25, 0.3) is 0 Å². The molecule has 1 aliphatic heterocycles. The van der Waals surface area contributed by atoms with E-state index in [0.29, 0.717) is 11.5 Å². The number of benzene rings is 1. The summed E-state index contributed by atoms with van der Waals surface area (Å²) in [6.45, 7) is 0.751. The molecule has 0 aliphatic carbocycles. The SMILES string of the molecule is Cl.O=S1(=O)CCC(NCc2ccccc2)C1. The molecule has 1 fully saturated rings. The van der Waals surface area contributed by atoms with Crippen molar-refractivity contribution in [2.24, 2.45) is 0 Å². The van der Waals surface area contributed by atoms with Gasteiger partial charge >= 0.3 is 0 Å². The molecule has 0 spiro atoms. The summed E-state index contributed by atoms with van der Waals surface area (Å²) in [5, 5.41) is 3.27. The Kier molecular flexibility index (Phi) is 4.77. The van der Waals surface area contributed by atoms with Crippen molar-refractivity contribution in [3.05, 3.63) is 35.9 Å². The standard InChI is InChI=1S/C11H15NO2S.ClH/c13-15(14)7-6-11(9-15)12-8-10-4-2-1-3-5-10;/h1-5,11-12H,6-9H2;1H. The van der Waals surface area contributed by atoms with Gasteiger partial charge in [0, 0.05) is 12.6 Å². The lowest BCUT2D eigenvalue weighted by molar-refractivity contribution is 0.554. The maximum absolute atomic E-state index is 11.2. The fourth-order valence-electron chi connectivity index (χ4n) is 1.81. The van der Waals surface area contributed by atoms with Gasteiger partial charge in [-0.1, -0.05) is 30.3 Å². The van der Waals surface area contributed by atoms with Crippen LogP contribution in [0.4, 0.5) is 0 Å². The Hall–Kier alpha value is -0.580. The topological polar surface area (TPSA) is 46.2 Å². The van der Waals surface area contributed by atoms with E-state index < -0.39 is 9.84 Å². The number of halogens is 1. The molecule has 1 N–H and O–H groups in total. The van der Waals surface area contributed by atoms with Gasteiger partial charge in [0.1, 0.15) is 0 Å². The number of rotatable bonds is 3. The molecule has 1 unspecified atom stereocenters. The van der Waals surface area contributed by atoms with E-state index in [4.69, 9.17) is 0 Å². The van der Waals surface area contributed by atoms with Crippen molar-refractivity contribution in [2.75, 3.05) is 11.5 Å². The Labute approximate surface area is 103 Å². The van der Waals surface area contributed by atoms with E-state index in [-0.39, 0.29) is 18.4 Å². The Balaban J connectivity index is 0.00000128.